The maximum Gasteiger partial charge on any atom is 0.416 e. The maximum absolute atomic E-state index is 13.0. The highest BCUT2D eigenvalue weighted by Crippen LogP contribution is 2.42. The molecule has 0 aliphatic heterocycles. The second-order valence-electron chi connectivity index (χ2n) is 9.08. The van der Waals surface area contributed by atoms with Gasteiger partial charge in [-0.05, 0) is 49.9 Å². The summed E-state index contributed by atoms with van der Waals surface area (Å²) in [5, 5.41) is 14.2. The standard InChI is InChI=1S/C22H27ClF3NO/c1-20(2,3)15-9-13(12-27-21(4,5)6)19(28)17(10-15)16-8-7-14(11-18(16)23)22(24,25)26/h7-11,27-28H,12H2,1-6H3. The lowest BCUT2D eigenvalue weighted by molar-refractivity contribution is -0.137. The van der Waals surface area contributed by atoms with E-state index in [1.807, 2.05) is 47.6 Å². The van der Waals surface area contributed by atoms with Crippen LogP contribution in [0.4, 0.5) is 13.2 Å². The monoisotopic (exact) mass is 413 g/mol. The van der Waals surface area contributed by atoms with E-state index in [9.17, 15) is 18.3 Å². The number of benzene rings is 2. The molecule has 28 heavy (non-hydrogen) atoms. The first-order valence-corrected chi connectivity index (χ1v) is 9.46. The van der Waals surface area contributed by atoms with E-state index >= 15 is 0 Å². The van der Waals surface area contributed by atoms with Gasteiger partial charge in [0, 0.05) is 33.8 Å². The Balaban J connectivity index is 2.63. The van der Waals surface area contributed by atoms with E-state index in [0.29, 0.717) is 23.2 Å². The number of hydrogen-bond donors (Lipinski definition) is 2. The molecule has 0 aliphatic carbocycles. The molecule has 0 fully saturated rings. The molecule has 2 aromatic carbocycles. The molecule has 2 aromatic rings. The Hall–Kier alpha value is -1.72. The Bertz CT molecular complexity index is 862. The lowest BCUT2D eigenvalue weighted by Crippen LogP contribution is -2.35. The van der Waals surface area contributed by atoms with Gasteiger partial charge in [0.1, 0.15) is 5.75 Å². The summed E-state index contributed by atoms with van der Waals surface area (Å²) in [6.45, 7) is 12.6. The Kier molecular flexibility index (Phi) is 6.13. The Morgan fingerprint density at radius 1 is 0.893 bits per heavy atom. The van der Waals surface area contributed by atoms with Crippen molar-refractivity contribution in [2.24, 2.45) is 0 Å². The third-order valence-electron chi connectivity index (χ3n) is 4.45. The van der Waals surface area contributed by atoms with Crippen molar-refractivity contribution in [3.63, 3.8) is 0 Å². The fourth-order valence-electron chi connectivity index (χ4n) is 2.74. The lowest BCUT2D eigenvalue weighted by atomic mass is 9.83. The third kappa shape index (κ3) is 5.42. The first kappa shape index (κ1) is 22.6. The van der Waals surface area contributed by atoms with Crippen LogP contribution in [0.2, 0.25) is 5.02 Å². The van der Waals surface area contributed by atoms with Crippen LogP contribution in [0.5, 0.6) is 5.75 Å². The number of hydrogen-bond acceptors (Lipinski definition) is 2. The van der Waals surface area contributed by atoms with Crippen LogP contribution in [0.1, 0.15) is 58.2 Å². The summed E-state index contributed by atoms with van der Waals surface area (Å²) < 4.78 is 38.9. The minimum atomic E-state index is -4.47. The van der Waals surface area contributed by atoms with Crippen LogP contribution in [-0.2, 0) is 18.1 Å². The van der Waals surface area contributed by atoms with E-state index in [1.165, 1.54) is 6.07 Å². The zero-order valence-corrected chi connectivity index (χ0v) is 17.8. The van der Waals surface area contributed by atoms with Crippen LogP contribution in [0, 0.1) is 0 Å². The van der Waals surface area contributed by atoms with Crippen LogP contribution in [0.25, 0.3) is 11.1 Å². The molecule has 0 saturated carbocycles. The van der Waals surface area contributed by atoms with Gasteiger partial charge in [0.2, 0.25) is 0 Å². The quantitative estimate of drug-likeness (QED) is 0.572. The van der Waals surface area contributed by atoms with E-state index in [0.717, 1.165) is 17.7 Å². The van der Waals surface area contributed by atoms with Crippen LogP contribution in [0.15, 0.2) is 30.3 Å². The first-order valence-electron chi connectivity index (χ1n) is 9.08. The van der Waals surface area contributed by atoms with Gasteiger partial charge in [0.15, 0.2) is 0 Å². The van der Waals surface area contributed by atoms with Crippen molar-refractivity contribution in [1.82, 2.24) is 5.32 Å². The molecule has 2 N–H and O–H groups in total. The van der Waals surface area contributed by atoms with Gasteiger partial charge >= 0.3 is 6.18 Å². The predicted octanol–water partition coefficient (Wildman–Crippen LogP) is 6.92. The van der Waals surface area contributed by atoms with Crippen molar-refractivity contribution < 1.29 is 18.3 Å². The topological polar surface area (TPSA) is 32.3 Å². The van der Waals surface area contributed by atoms with Crippen molar-refractivity contribution in [3.8, 4) is 16.9 Å². The molecule has 0 unspecified atom stereocenters. The van der Waals surface area contributed by atoms with Crippen LogP contribution >= 0.6 is 11.6 Å². The third-order valence-corrected chi connectivity index (χ3v) is 4.76. The van der Waals surface area contributed by atoms with E-state index < -0.39 is 11.7 Å². The lowest BCUT2D eigenvalue weighted by Gasteiger charge is -2.25. The van der Waals surface area contributed by atoms with Gasteiger partial charge in [-0.2, -0.15) is 13.2 Å². The normalized spacial score (nSPS) is 13.1. The molecule has 0 radical (unpaired) electrons. The molecule has 0 bridgehead atoms. The molecular formula is C22H27ClF3NO. The van der Waals surface area contributed by atoms with Crippen molar-refractivity contribution in [1.29, 1.82) is 0 Å². The molecular weight excluding hydrogens is 387 g/mol. The molecule has 154 valence electrons. The SMILES string of the molecule is CC(C)(C)NCc1cc(C(C)(C)C)cc(-c2ccc(C(F)(F)F)cc2Cl)c1O. The number of halogens is 4. The smallest absolute Gasteiger partial charge is 0.416 e. The van der Waals surface area contributed by atoms with Crippen LogP contribution in [0.3, 0.4) is 0 Å². The second kappa shape index (κ2) is 7.60. The number of alkyl halides is 3. The van der Waals surface area contributed by atoms with Gasteiger partial charge in [-0.15, -0.1) is 0 Å². The number of nitrogens with one attached hydrogen (secondary N) is 1. The number of phenolic OH excluding ortho intramolecular Hbond substituents is 1. The van der Waals surface area contributed by atoms with Gasteiger partial charge < -0.3 is 10.4 Å². The highest BCUT2D eigenvalue weighted by atomic mass is 35.5. The minimum Gasteiger partial charge on any atom is -0.507 e. The van der Waals surface area contributed by atoms with Crippen molar-refractivity contribution in [3.05, 3.63) is 52.0 Å². The summed E-state index contributed by atoms with van der Waals surface area (Å²) >= 11 is 6.18. The molecule has 0 amide bonds. The number of rotatable bonds is 3. The zero-order chi connectivity index (χ0) is 21.5. The molecule has 0 spiro atoms. The van der Waals surface area contributed by atoms with E-state index in [2.05, 4.69) is 5.32 Å². The second-order valence-corrected chi connectivity index (χ2v) is 9.48. The molecule has 2 nitrogen and oxygen atoms in total. The highest BCUT2D eigenvalue weighted by molar-refractivity contribution is 6.33. The van der Waals surface area contributed by atoms with E-state index in [4.69, 9.17) is 11.6 Å². The van der Waals surface area contributed by atoms with Crippen LogP contribution in [-0.4, -0.2) is 10.6 Å². The van der Waals surface area contributed by atoms with Gasteiger partial charge in [0.05, 0.1) is 5.56 Å². The van der Waals surface area contributed by atoms with Crippen molar-refractivity contribution in [2.45, 2.75) is 65.2 Å². The summed E-state index contributed by atoms with van der Waals surface area (Å²) in [4.78, 5) is 0. The van der Waals surface area contributed by atoms with Gasteiger partial charge in [0.25, 0.3) is 0 Å². The van der Waals surface area contributed by atoms with E-state index in [-0.39, 0.29) is 21.7 Å². The Morgan fingerprint density at radius 3 is 1.96 bits per heavy atom. The highest BCUT2D eigenvalue weighted by Gasteiger charge is 2.31. The summed E-state index contributed by atoms with van der Waals surface area (Å²) in [6, 6.07) is 6.91. The molecule has 0 heterocycles. The van der Waals surface area contributed by atoms with Crippen LogP contribution < -0.4 is 5.32 Å². The molecule has 0 aromatic heterocycles. The fraction of sp³-hybridized carbons (Fsp3) is 0.455. The van der Waals surface area contributed by atoms with Gasteiger partial charge in [-0.25, -0.2) is 0 Å². The maximum atomic E-state index is 13.0. The number of phenols is 1. The summed E-state index contributed by atoms with van der Waals surface area (Å²) in [5.74, 6) is 0.0198. The van der Waals surface area contributed by atoms with Crippen molar-refractivity contribution in [2.75, 3.05) is 0 Å². The number of aromatic hydroxyl groups is 1. The Morgan fingerprint density at radius 2 is 1.50 bits per heavy atom. The summed E-state index contributed by atoms with van der Waals surface area (Å²) in [5.41, 5.74) is 1.25. The van der Waals surface area contributed by atoms with E-state index in [1.54, 1.807) is 6.07 Å². The van der Waals surface area contributed by atoms with Crippen molar-refractivity contribution >= 4 is 11.6 Å². The molecule has 2 rings (SSSR count). The molecule has 0 saturated heterocycles. The largest absolute Gasteiger partial charge is 0.507 e. The summed E-state index contributed by atoms with van der Waals surface area (Å²) in [6.07, 6.45) is -4.47. The molecule has 0 aliphatic rings. The van der Waals surface area contributed by atoms with Gasteiger partial charge in [-0.3, -0.25) is 0 Å². The molecule has 0 atom stereocenters. The fourth-order valence-corrected chi connectivity index (χ4v) is 3.02. The minimum absolute atomic E-state index is 0.0198. The first-order chi connectivity index (χ1) is 12.6. The average Bonchev–Trinajstić information content (AvgIpc) is 2.51. The zero-order valence-electron chi connectivity index (χ0n) is 17.1. The Labute approximate surface area is 169 Å². The average molecular weight is 414 g/mol. The van der Waals surface area contributed by atoms with Gasteiger partial charge in [-0.1, -0.05) is 44.5 Å². The molecule has 6 heteroatoms. The predicted molar refractivity (Wildman–Crippen MR) is 109 cm³/mol. The summed E-state index contributed by atoms with van der Waals surface area (Å²) in [7, 11) is 0.